The monoisotopic (exact) mass is 292 g/mol. The van der Waals surface area contributed by atoms with E-state index in [-0.39, 0.29) is 4.75 Å². The lowest BCUT2D eigenvalue weighted by molar-refractivity contribution is 0.802. The Bertz CT molecular complexity index is 486. The molecule has 4 nitrogen and oxygen atoms in total. The molecule has 1 N–H and O–H groups in total. The highest BCUT2D eigenvalue weighted by Crippen LogP contribution is 2.23. The number of nitrogens with one attached hydrogen (secondary N) is 1. The number of hydrogen-bond donors (Lipinski definition) is 1. The minimum atomic E-state index is 0.256. The molecule has 1 aromatic rings. The molecule has 0 fully saturated rings. The first-order chi connectivity index (χ1) is 9.42. The van der Waals surface area contributed by atoms with Gasteiger partial charge in [0.15, 0.2) is 5.82 Å². The van der Waals surface area contributed by atoms with Crippen LogP contribution in [0.15, 0.2) is 0 Å². The molecule has 0 amide bonds. The zero-order chi connectivity index (χ0) is 15.2. The lowest BCUT2D eigenvalue weighted by atomic mass is 10.0. The van der Waals surface area contributed by atoms with E-state index in [0.717, 1.165) is 36.4 Å². The van der Waals surface area contributed by atoms with Crippen molar-refractivity contribution in [3.8, 4) is 6.07 Å². The molecule has 0 radical (unpaired) electrons. The van der Waals surface area contributed by atoms with Crippen molar-refractivity contribution < 1.29 is 0 Å². The quantitative estimate of drug-likeness (QED) is 0.814. The van der Waals surface area contributed by atoms with Crippen molar-refractivity contribution in [2.75, 3.05) is 17.6 Å². The van der Waals surface area contributed by atoms with E-state index in [4.69, 9.17) is 0 Å². The number of nitrogens with zero attached hydrogens (tertiary/aromatic N) is 3. The first-order valence-electron chi connectivity index (χ1n) is 7.09. The van der Waals surface area contributed by atoms with E-state index in [9.17, 15) is 5.26 Å². The standard InChI is InChI=1S/C15H24N4S/c1-6-11-12(10-16)14(19-18-13(11)7-2)17-8-9-20-15(3,4)5/h6-9H2,1-5H3,(H,17,19). The van der Waals surface area contributed by atoms with Crippen LogP contribution in [0.25, 0.3) is 0 Å². The van der Waals surface area contributed by atoms with Crippen LogP contribution >= 0.6 is 11.8 Å². The van der Waals surface area contributed by atoms with Gasteiger partial charge in [-0.15, -0.1) is 5.10 Å². The Balaban J connectivity index is 2.79. The second kappa shape index (κ2) is 7.49. The third kappa shape index (κ3) is 4.68. The number of rotatable bonds is 6. The Kier molecular flexibility index (Phi) is 6.28. The summed E-state index contributed by atoms with van der Waals surface area (Å²) in [6.45, 7) is 11.5. The molecule has 0 saturated carbocycles. The second-order valence-corrected chi connectivity index (χ2v) is 7.48. The summed E-state index contributed by atoms with van der Waals surface area (Å²) in [5, 5.41) is 21.0. The fraction of sp³-hybridized carbons (Fsp3) is 0.667. The van der Waals surface area contributed by atoms with Crippen molar-refractivity contribution in [3.05, 3.63) is 16.8 Å². The van der Waals surface area contributed by atoms with Crippen LogP contribution in [0.2, 0.25) is 0 Å². The van der Waals surface area contributed by atoms with Gasteiger partial charge in [-0.1, -0.05) is 34.6 Å². The topological polar surface area (TPSA) is 61.6 Å². The average molecular weight is 292 g/mol. The van der Waals surface area contributed by atoms with Crippen LogP contribution in [0.1, 0.15) is 51.4 Å². The molecule has 5 heteroatoms. The van der Waals surface area contributed by atoms with Crippen LogP contribution in [-0.4, -0.2) is 27.2 Å². The van der Waals surface area contributed by atoms with Gasteiger partial charge >= 0.3 is 0 Å². The molecule has 0 aromatic carbocycles. The predicted octanol–water partition coefficient (Wildman–Crippen LogP) is 3.42. The maximum absolute atomic E-state index is 9.37. The summed E-state index contributed by atoms with van der Waals surface area (Å²) in [7, 11) is 0. The molecule has 110 valence electrons. The number of hydrogen-bond acceptors (Lipinski definition) is 5. The summed E-state index contributed by atoms with van der Waals surface area (Å²) in [5.74, 6) is 1.60. The van der Waals surface area contributed by atoms with E-state index in [1.807, 2.05) is 18.7 Å². The second-order valence-electron chi connectivity index (χ2n) is 5.56. The Hall–Kier alpha value is -1.28. The van der Waals surface area contributed by atoms with Gasteiger partial charge in [0, 0.05) is 17.0 Å². The fourth-order valence-electron chi connectivity index (χ4n) is 1.94. The molecule has 0 saturated heterocycles. The van der Waals surface area contributed by atoms with Gasteiger partial charge in [0.25, 0.3) is 0 Å². The summed E-state index contributed by atoms with van der Waals surface area (Å²) >= 11 is 1.89. The van der Waals surface area contributed by atoms with Crippen LogP contribution in [0, 0.1) is 11.3 Å². The van der Waals surface area contributed by atoms with Crippen LogP contribution in [-0.2, 0) is 12.8 Å². The van der Waals surface area contributed by atoms with E-state index in [1.165, 1.54) is 0 Å². The molecule has 20 heavy (non-hydrogen) atoms. The van der Waals surface area contributed by atoms with Crippen molar-refractivity contribution in [2.24, 2.45) is 0 Å². The Morgan fingerprint density at radius 2 is 1.90 bits per heavy atom. The summed E-state index contributed by atoms with van der Waals surface area (Å²) in [4.78, 5) is 0. The van der Waals surface area contributed by atoms with Gasteiger partial charge in [-0.3, -0.25) is 0 Å². The Morgan fingerprint density at radius 1 is 1.20 bits per heavy atom. The third-order valence-electron chi connectivity index (χ3n) is 2.89. The zero-order valence-electron chi connectivity index (χ0n) is 13.1. The van der Waals surface area contributed by atoms with E-state index in [2.05, 4.69) is 49.3 Å². The SMILES string of the molecule is CCc1nnc(NCCSC(C)(C)C)c(C#N)c1CC. The molecule has 0 aliphatic carbocycles. The van der Waals surface area contributed by atoms with E-state index in [1.54, 1.807) is 0 Å². The highest BCUT2D eigenvalue weighted by atomic mass is 32.2. The molecular weight excluding hydrogens is 268 g/mol. The number of aromatic nitrogens is 2. The number of nitriles is 1. The molecule has 0 atom stereocenters. The van der Waals surface area contributed by atoms with Gasteiger partial charge in [-0.25, -0.2) is 0 Å². The smallest absolute Gasteiger partial charge is 0.166 e. The van der Waals surface area contributed by atoms with Gasteiger partial charge in [0.1, 0.15) is 11.6 Å². The van der Waals surface area contributed by atoms with Crippen LogP contribution in [0.5, 0.6) is 0 Å². The Morgan fingerprint density at radius 3 is 2.40 bits per heavy atom. The molecule has 0 unspecified atom stereocenters. The summed E-state index contributed by atoms with van der Waals surface area (Å²) in [6.07, 6.45) is 1.62. The van der Waals surface area contributed by atoms with Crippen LogP contribution in [0.4, 0.5) is 5.82 Å². The molecule has 0 aliphatic rings. The number of aryl methyl sites for hydroxylation is 1. The molecule has 0 bridgehead atoms. The molecule has 0 aliphatic heterocycles. The van der Waals surface area contributed by atoms with Crippen molar-refractivity contribution in [2.45, 2.75) is 52.2 Å². The number of thioether (sulfide) groups is 1. The highest BCUT2D eigenvalue weighted by molar-refractivity contribution is 8.00. The van der Waals surface area contributed by atoms with Crippen molar-refractivity contribution in [1.82, 2.24) is 10.2 Å². The van der Waals surface area contributed by atoms with Crippen molar-refractivity contribution in [1.29, 1.82) is 5.26 Å². The molecule has 0 spiro atoms. The zero-order valence-corrected chi connectivity index (χ0v) is 13.9. The van der Waals surface area contributed by atoms with E-state index >= 15 is 0 Å². The van der Waals surface area contributed by atoms with Gasteiger partial charge in [-0.05, 0) is 18.4 Å². The van der Waals surface area contributed by atoms with Gasteiger partial charge in [0.2, 0.25) is 0 Å². The third-order valence-corrected chi connectivity index (χ3v) is 4.16. The highest BCUT2D eigenvalue weighted by Gasteiger charge is 2.14. The number of anilines is 1. The van der Waals surface area contributed by atoms with Crippen molar-refractivity contribution >= 4 is 17.6 Å². The van der Waals surface area contributed by atoms with Crippen molar-refractivity contribution in [3.63, 3.8) is 0 Å². The first-order valence-corrected chi connectivity index (χ1v) is 8.07. The normalized spacial score (nSPS) is 11.2. The van der Waals surface area contributed by atoms with Crippen LogP contribution < -0.4 is 5.32 Å². The minimum Gasteiger partial charge on any atom is -0.367 e. The Labute approximate surface area is 126 Å². The molecular formula is C15H24N4S. The maximum Gasteiger partial charge on any atom is 0.166 e. The summed E-state index contributed by atoms with van der Waals surface area (Å²) in [5.41, 5.74) is 2.61. The summed E-state index contributed by atoms with van der Waals surface area (Å²) in [6, 6.07) is 2.28. The molecule has 1 rings (SSSR count). The van der Waals surface area contributed by atoms with E-state index < -0.39 is 0 Å². The van der Waals surface area contributed by atoms with E-state index in [0.29, 0.717) is 11.4 Å². The average Bonchev–Trinajstić information content (AvgIpc) is 2.41. The maximum atomic E-state index is 9.37. The summed E-state index contributed by atoms with van der Waals surface area (Å²) < 4.78 is 0.256. The van der Waals surface area contributed by atoms with Gasteiger partial charge < -0.3 is 5.32 Å². The molecule has 1 aromatic heterocycles. The molecule has 1 heterocycles. The largest absolute Gasteiger partial charge is 0.367 e. The lowest BCUT2D eigenvalue weighted by Gasteiger charge is -2.18. The minimum absolute atomic E-state index is 0.256. The van der Waals surface area contributed by atoms with Crippen LogP contribution in [0.3, 0.4) is 0 Å². The predicted molar refractivity (Wildman–Crippen MR) is 86.2 cm³/mol. The fourth-order valence-corrected chi connectivity index (χ4v) is 2.76. The lowest BCUT2D eigenvalue weighted by Crippen LogP contribution is -2.15. The van der Waals surface area contributed by atoms with Gasteiger partial charge in [-0.2, -0.15) is 22.1 Å². The van der Waals surface area contributed by atoms with Gasteiger partial charge in [0.05, 0.1) is 5.69 Å². The first kappa shape index (κ1) is 16.8.